The molecular weight excluding hydrogens is 729 g/mol. The molecule has 0 amide bonds. The molecule has 3 heterocycles. The molecule has 0 aliphatic rings. The third-order valence-corrected chi connectivity index (χ3v) is 7.72. The van der Waals surface area contributed by atoms with E-state index >= 15 is 0 Å². The van der Waals surface area contributed by atoms with Crippen LogP contribution in [0.15, 0.2) is 132 Å². The van der Waals surface area contributed by atoms with Gasteiger partial charge in [0.1, 0.15) is 11.2 Å². The first-order chi connectivity index (χ1) is 24.0. The second-order valence-electron chi connectivity index (χ2n) is 10.5. The number of hydrogen-bond donors (Lipinski definition) is 0. The molecule has 1 radical (unpaired) electrons. The normalized spacial score (nSPS) is 13.4. The fourth-order valence-electron chi connectivity index (χ4n) is 5.60. The van der Waals surface area contributed by atoms with Crippen molar-refractivity contribution in [3.8, 4) is 33.6 Å². The summed E-state index contributed by atoms with van der Waals surface area (Å²) in [6.45, 7) is -2.19. The van der Waals surface area contributed by atoms with Crippen molar-refractivity contribution in [3.63, 3.8) is 0 Å². The SMILES string of the molecule is Cc1c(-c2ccccn2)[c-]ccc1-c1cccc2c1ccc1oc3ccccc3c12.[2H]C([2H])([2H])c1c[c-]c(-c2ccc(C([2H])([2H])[2H])cn2)cc1.[Ir]. The monoisotopic (exact) mass is 765 g/mol. The van der Waals surface area contributed by atoms with Gasteiger partial charge in [-0.15, -0.1) is 64.7 Å². The molecule has 221 valence electrons. The van der Waals surface area contributed by atoms with E-state index in [-0.39, 0.29) is 31.2 Å². The molecule has 5 aromatic carbocycles. The van der Waals surface area contributed by atoms with Crippen LogP contribution in [0, 0.1) is 32.8 Å². The summed E-state index contributed by atoms with van der Waals surface area (Å²) in [5.41, 5.74) is 8.98. The number of hydrogen-bond acceptors (Lipinski definition) is 3. The van der Waals surface area contributed by atoms with Gasteiger partial charge in [-0.1, -0.05) is 86.1 Å². The van der Waals surface area contributed by atoms with E-state index in [0.717, 1.165) is 27.8 Å². The first kappa shape index (κ1) is 23.5. The fraction of sp³-hybridized carbons (Fsp3) is 0.0732. The number of benzene rings is 5. The molecule has 0 spiro atoms. The van der Waals surface area contributed by atoms with Gasteiger partial charge >= 0.3 is 0 Å². The van der Waals surface area contributed by atoms with E-state index in [0.29, 0.717) is 11.3 Å². The third kappa shape index (κ3) is 5.95. The molecule has 0 aliphatic heterocycles. The van der Waals surface area contributed by atoms with Crippen molar-refractivity contribution in [3.05, 3.63) is 156 Å². The molecule has 0 aliphatic carbocycles. The molecular formula is C41H30IrN2O-2. The molecule has 45 heavy (non-hydrogen) atoms. The van der Waals surface area contributed by atoms with E-state index in [9.17, 15) is 0 Å². The smallest absolute Gasteiger partial charge is 0.136 e. The van der Waals surface area contributed by atoms with Crippen molar-refractivity contribution in [2.45, 2.75) is 20.6 Å². The predicted molar refractivity (Wildman–Crippen MR) is 181 cm³/mol. The van der Waals surface area contributed by atoms with Crippen LogP contribution in [0.3, 0.4) is 0 Å². The largest absolute Gasteiger partial charge is 0.456 e. The van der Waals surface area contributed by atoms with Crippen LogP contribution in [-0.2, 0) is 20.1 Å². The number of para-hydroxylation sites is 1. The van der Waals surface area contributed by atoms with Crippen LogP contribution in [0.5, 0.6) is 0 Å². The maximum Gasteiger partial charge on any atom is 0.136 e. The Morgan fingerprint density at radius 1 is 0.644 bits per heavy atom. The van der Waals surface area contributed by atoms with Crippen molar-refractivity contribution >= 4 is 32.7 Å². The summed E-state index contributed by atoms with van der Waals surface area (Å²) in [5.74, 6) is 0. The van der Waals surface area contributed by atoms with Crippen molar-refractivity contribution in [1.29, 1.82) is 0 Å². The maximum absolute atomic E-state index is 7.28. The Hall–Kier alpha value is -4.89. The quantitative estimate of drug-likeness (QED) is 0.168. The Balaban J connectivity index is 0.000000188. The summed E-state index contributed by atoms with van der Waals surface area (Å²) in [6.07, 6.45) is 3.13. The Kier molecular flexibility index (Phi) is 6.78. The Bertz CT molecular complexity index is 2400. The molecule has 4 heteroatoms. The van der Waals surface area contributed by atoms with Crippen LogP contribution < -0.4 is 0 Å². The number of aryl methyl sites for hydroxylation is 2. The Morgan fingerprint density at radius 3 is 2.27 bits per heavy atom. The second kappa shape index (κ2) is 13.0. The van der Waals surface area contributed by atoms with E-state index < -0.39 is 13.7 Å². The molecule has 0 saturated carbocycles. The van der Waals surface area contributed by atoms with Crippen LogP contribution in [0.4, 0.5) is 0 Å². The average molecular weight is 765 g/mol. The maximum atomic E-state index is 7.28. The predicted octanol–water partition coefficient (Wildman–Crippen LogP) is 10.7. The van der Waals surface area contributed by atoms with Crippen molar-refractivity contribution in [1.82, 2.24) is 9.97 Å². The Labute approximate surface area is 285 Å². The first-order valence-electron chi connectivity index (χ1n) is 17.2. The first-order valence-corrected chi connectivity index (χ1v) is 14.2. The second-order valence-corrected chi connectivity index (χ2v) is 10.5. The topological polar surface area (TPSA) is 38.9 Å². The van der Waals surface area contributed by atoms with Gasteiger partial charge in [-0.3, -0.25) is 0 Å². The molecule has 0 N–H and O–H groups in total. The molecule has 0 bridgehead atoms. The van der Waals surface area contributed by atoms with E-state index in [2.05, 4.69) is 77.6 Å². The van der Waals surface area contributed by atoms with E-state index in [1.165, 1.54) is 57.2 Å². The fourth-order valence-corrected chi connectivity index (χ4v) is 5.60. The minimum Gasteiger partial charge on any atom is -0.456 e. The molecule has 0 atom stereocenters. The van der Waals surface area contributed by atoms with Crippen LogP contribution in [0.25, 0.3) is 66.4 Å². The molecule has 8 rings (SSSR count). The molecule has 0 saturated heterocycles. The van der Waals surface area contributed by atoms with Gasteiger partial charge < -0.3 is 14.4 Å². The van der Waals surface area contributed by atoms with Gasteiger partial charge in [0.2, 0.25) is 0 Å². The molecule has 3 aromatic heterocycles. The van der Waals surface area contributed by atoms with E-state index in [1.54, 1.807) is 12.1 Å². The van der Waals surface area contributed by atoms with Crippen LogP contribution >= 0.6 is 0 Å². The van der Waals surface area contributed by atoms with Gasteiger partial charge in [0, 0.05) is 51.5 Å². The summed E-state index contributed by atoms with van der Waals surface area (Å²) in [7, 11) is 0. The van der Waals surface area contributed by atoms with E-state index in [4.69, 9.17) is 12.6 Å². The van der Waals surface area contributed by atoms with Gasteiger partial charge in [-0.25, -0.2) is 0 Å². The van der Waals surface area contributed by atoms with Gasteiger partial charge in [-0.2, -0.15) is 0 Å². The summed E-state index contributed by atoms with van der Waals surface area (Å²) in [5, 5.41) is 4.76. The third-order valence-electron chi connectivity index (χ3n) is 7.72. The van der Waals surface area contributed by atoms with Crippen molar-refractivity contribution in [2.75, 3.05) is 0 Å². The zero-order valence-corrected chi connectivity index (χ0v) is 26.7. The van der Waals surface area contributed by atoms with Crippen LogP contribution in [0.2, 0.25) is 0 Å². The minimum absolute atomic E-state index is 0. The van der Waals surface area contributed by atoms with Crippen molar-refractivity contribution in [2.24, 2.45) is 0 Å². The van der Waals surface area contributed by atoms with Gasteiger partial charge in [0.15, 0.2) is 0 Å². The number of furan rings is 1. The van der Waals surface area contributed by atoms with E-state index in [1.807, 2.05) is 42.6 Å². The minimum atomic E-state index is -2.18. The summed E-state index contributed by atoms with van der Waals surface area (Å²) in [4.78, 5) is 8.61. The molecule has 0 unspecified atom stereocenters. The molecule has 3 nitrogen and oxygen atoms in total. The average Bonchev–Trinajstić information content (AvgIpc) is 3.51. The molecule has 0 fully saturated rings. The van der Waals surface area contributed by atoms with Gasteiger partial charge in [0.05, 0.1) is 0 Å². The number of fused-ring (bicyclic) bond motifs is 5. The van der Waals surface area contributed by atoms with Gasteiger partial charge in [0.25, 0.3) is 0 Å². The summed E-state index contributed by atoms with van der Waals surface area (Å²) >= 11 is 0. The number of rotatable bonds is 3. The van der Waals surface area contributed by atoms with Crippen LogP contribution in [-0.4, -0.2) is 9.97 Å². The zero-order valence-electron chi connectivity index (χ0n) is 30.3. The standard InChI is InChI=1S/C28H18NO.C13H12N.Ir/c1-18-19(9-6-10-20(18)25-13-4-5-17-29-25)21-11-7-12-23-22(21)15-16-27-28(23)24-8-2-3-14-26(24)30-27;1-10-3-6-12(7-4-10)13-8-5-11(2)9-14-13;/h2-9,11-17H,1H3;3-6,8-9H,1-2H3;/q2*-1;/i;1D3,2D3;. The zero-order chi connectivity index (χ0) is 35.0. The number of aromatic nitrogens is 2. The summed E-state index contributed by atoms with van der Waals surface area (Å²) in [6, 6.07) is 43.0. The summed E-state index contributed by atoms with van der Waals surface area (Å²) < 4.78 is 49.7. The molecule has 8 aromatic rings. The number of pyridine rings is 2. The Morgan fingerprint density at radius 2 is 1.49 bits per heavy atom. The number of nitrogens with zero attached hydrogens (tertiary/aromatic N) is 2. The van der Waals surface area contributed by atoms with Gasteiger partial charge in [-0.05, 0) is 58.3 Å². The van der Waals surface area contributed by atoms with Crippen molar-refractivity contribution < 1.29 is 32.7 Å². The van der Waals surface area contributed by atoms with Crippen LogP contribution in [0.1, 0.15) is 24.9 Å².